The molecule has 1 aromatic heterocycles. The van der Waals surface area contributed by atoms with Gasteiger partial charge in [0.2, 0.25) is 0 Å². The van der Waals surface area contributed by atoms with Gasteiger partial charge in [-0.25, -0.2) is 9.67 Å². The van der Waals surface area contributed by atoms with E-state index in [0.29, 0.717) is 12.5 Å². The van der Waals surface area contributed by atoms with E-state index in [1.54, 1.807) is 0 Å². The van der Waals surface area contributed by atoms with Gasteiger partial charge < -0.3 is 5.73 Å². The summed E-state index contributed by atoms with van der Waals surface area (Å²) in [6.45, 7) is 7.76. The SMILES string of the molecule is Cc1nc(C(C)C)n(CCCN)n1. The summed E-state index contributed by atoms with van der Waals surface area (Å²) >= 11 is 0. The molecule has 0 saturated carbocycles. The van der Waals surface area contributed by atoms with Crippen LogP contribution in [0.3, 0.4) is 0 Å². The van der Waals surface area contributed by atoms with Gasteiger partial charge in [0.05, 0.1) is 0 Å². The fourth-order valence-electron chi connectivity index (χ4n) is 1.30. The van der Waals surface area contributed by atoms with Crippen molar-refractivity contribution in [3.8, 4) is 0 Å². The molecule has 0 aliphatic rings. The van der Waals surface area contributed by atoms with Crippen molar-refractivity contribution in [2.24, 2.45) is 5.73 Å². The third-order valence-corrected chi connectivity index (χ3v) is 1.90. The second kappa shape index (κ2) is 4.37. The summed E-state index contributed by atoms with van der Waals surface area (Å²) in [6.07, 6.45) is 0.961. The van der Waals surface area contributed by atoms with E-state index >= 15 is 0 Å². The number of aromatic nitrogens is 3. The van der Waals surface area contributed by atoms with Gasteiger partial charge in [-0.15, -0.1) is 0 Å². The molecule has 0 spiro atoms. The van der Waals surface area contributed by atoms with Crippen LogP contribution in [-0.4, -0.2) is 21.3 Å². The standard InChI is InChI=1S/C9H18N4/c1-7(2)9-11-8(3)12-13(9)6-4-5-10/h7H,4-6,10H2,1-3H3. The van der Waals surface area contributed by atoms with E-state index in [4.69, 9.17) is 5.73 Å². The first-order chi connectivity index (χ1) is 6.15. The maximum atomic E-state index is 5.45. The minimum absolute atomic E-state index is 0.430. The summed E-state index contributed by atoms with van der Waals surface area (Å²) in [5.41, 5.74) is 5.45. The van der Waals surface area contributed by atoms with Crippen molar-refractivity contribution < 1.29 is 0 Å². The second-order valence-electron chi connectivity index (χ2n) is 3.54. The highest BCUT2D eigenvalue weighted by Gasteiger charge is 2.09. The summed E-state index contributed by atoms with van der Waals surface area (Å²) in [5.74, 6) is 2.34. The highest BCUT2D eigenvalue weighted by atomic mass is 15.3. The first-order valence-corrected chi connectivity index (χ1v) is 4.76. The molecular formula is C9H18N4. The average Bonchev–Trinajstić information content (AvgIpc) is 2.43. The van der Waals surface area contributed by atoms with Gasteiger partial charge in [0, 0.05) is 12.5 Å². The Kier molecular flexibility index (Phi) is 3.42. The van der Waals surface area contributed by atoms with Gasteiger partial charge in [-0.3, -0.25) is 0 Å². The molecule has 0 radical (unpaired) electrons. The van der Waals surface area contributed by atoms with Crippen LogP contribution in [0.2, 0.25) is 0 Å². The number of hydrogen-bond donors (Lipinski definition) is 1. The Morgan fingerprint density at radius 2 is 2.15 bits per heavy atom. The summed E-state index contributed by atoms with van der Waals surface area (Å²) in [5, 5.41) is 4.32. The lowest BCUT2D eigenvalue weighted by Crippen LogP contribution is -2.11. The average molecular weight is 182 g/mol. The highest BCUT2D eigenvalue weighted by Crippen LogP contribution is 2.11. The molecule has 2 N–H and O–H groups in total. The number of hydrogen-bond acceptors (Lipinski definition) is 3. The van der Waals surface area contributed by atoms with Crippen LogP contribution < -0.4 is 5.73 Å². The van der Waals surface area contributed by atoms with Gasteiger partial charge in [0.1, 0.15) is 11.6 Å². The predicted octanol–water partition coefficient (Wildman–Crippen LogP) is 1.06. The zero-order chi connectivity index (χ0) is 9.84. The fourth-order valence-corrected chi connectivity index (χ4v) is 1.30. The van der Waals surface area contributed by atoms with Crippen molar-refractivity contribution in [3.05, 3.63) is 11.6 Å². The quantitative estimate of drug-likeness (QED) is 0.757. The number of nitrogens with two attached hydrogens (primary N) is 1. The van der Waals surface area contributed by atoms with E-state index in [-0.39, 0.29) is 0 Å². The molecule has 4 nitrogen and oxygen atoms in total. The van der Waals surface area contributed by atoms with E-state index < -0.39 is 0 Å². The van der Waals surface area contributed by atoms with Crippen molar-refractivity contribution in [2.45, 2.75) is 39.7 Å². The summed E-state index contributed by atoms with van der Waals surface area (Å²) in [4.78, 5) is 4.37. The van der Waals surface area contributed by atoms with Crippen LogP contribution in [0.4, 0.5) is 0 Å². The van der Waals surface area contributed by atoms with E-state index in [0.717, 1.165) is 24.6 Å². The molecule has 0 saturated heterocycles. The molecule has 13 heavy (non-hydrogen) atoms. The lowest BCUT2D eigenvalue weighted by molar-refractivity contribution is 0.538. The maximum Gasteiger partial charge on any atom is 0.147 e. The molecule has 0 aliphatic heterocycles. The first-order valence-electron chi connectivity index (χ1n) is 4.76. The molecule has 0 fully saturated rings. The Labute approximate surface area is 79.2 Å². The molecule has 74 valence electrons. The fraction of sp³-hybridized carbons (Fsp3) is 0.778. The molecule has 0 aliphatic carbocycles. The predicted molar refractivity (Wildman–Crippen MR) is 52.5 cm³/mol. The highest BCUT2D eigenvalue weighted by molar-refractivity contribution is 4.96. The molecule has 0 bridgehead atoms. The maximum absolute atomic E-state index is 5.45. The topological polar surface area (TPSA) is 56.7 Å². The van der Waals surface area contributed by atoms with E-state index in [2.05, 4.69) is 23.9 Å². The smallest absolute Gasteiger partial charge is 0.147 e. The summed E-state index contributed by atoms with van der Waals surface area (Å²) in [7, 11) is 0. The molecule has 1 rings (SSSR count). The molecular weight excluding hydrogens is 164 g/mol. The third kappa shape index (κ3) is 2.52. The zero-order valence-corrected chi connectivity index (χ0v) is 8.62. The van der Waals surface area contributed by atoms with E-state index in [9.17, 15) is 0 Å². The lowest BCUT2D eigenvalue weighted by atomic mass is 10.2. The van der Waals surface area contributed by atoms with E-state index in [1.807, 2.05) is 11.6 Å². The molecule has 0 aromatic carbocycles. The largest absolute Gasteiger partial charge is 0.330 e. The van der Waals surface area contributed by atoms with Crippen LogP contribution >= 0.6 is 0 Å². The zero-order valence-electron chi connectivity index (χ0n) is 8.62. The lowest BCUT2D eigenvalue weighted by Gasteiger charge is -2.06. The Morgan fingerprint density at radius 3 is 2.69 bits per heavy atom. The minimum atomic E-state index is 0.430. The molecule has 1 heterocycles. The Hall–Kier alpha value is -0.900. The monoisotopic (exact) mass is 182 g/mol. The van der Waals surface area contributed by atoms with Crippen LogP contribution in [0.5, 0.6) is 0 Å². The Morgan fingerprint density at radius 1 is 1.46 bits per heavy atom. The van der Waals surface area contributed by atoms with Gasteiger partial charge in [-0.1, -0.05) is 13.8 Å². The van der Waals surface area contributed by atoms with Crippen LogP contribution in [0, 0.1) is 6.92 Å². The van der Waals surface area contributed by atoms with Crippen molar-refractivity contribution in [1.82, 2.24) is 14.8 Å². The second-order valence-corrected chi connectivity index (χ2v) is 3.54. The van der Waals surface area contributed by atoms with Gasteiger partial charge in [0.25, 0.3) is 0 Å². The first kappa shape index (κ1) is 10.2. The van der Waals surface area contributed by atoms with Gasteiger partial charge in [-0.2, -0.15) is 5.10 Å². The van der Waals surface area contributed by atoms with Crippen molar-refractivity contribution >= 4 is 0 Å². The van der Waals surface area contributed by atoms with Gasteiger partial charge in [0.15, 0.2) is 0 Å². The number of rotatable bonds is 4. The molecule has 0 atom stereocenters. The van der Waals surface area contributed by atoms with Crippen LogP contribution in [0.25, 0.3) is 0 Å². The van der Waals surface area contributed by atoms with Crippen LogP contribution in [-0.2, 0) is 6.54 Å². The Balaban J connectivity index is 2.78. The van der Waals surface area contributed by atoms with Gasteiger partial charge >= 0.3 is 0 Å². The van der Waals surface area contributed by atoms with Gasteiger partial charge in [-0.05, 0) is 19.9 Å². The van der Waals surface area contributed by atoms with Crippen molar-refractivity contribution in [2.75, 3.05) is 6.54 Å². The summed E-state index contributed by atoms with van der Waals surface area (Å²) in [6, 6.07) is 0. The number of nitrogens with zero attached hydrogens (tertiary/aromatic N) is 3. The molecule has 0 amide bonds. The third-order valence-electron chi connectivity index (χ3n) is 1.90. The van der Waals surface area contributed by atoms with Crippen LogP contribution in [0.1, 0.15) is 37.8 Å². The Bertz CT molecular complexity index is 265. The van der Waals surface area contributed by atoms with Crippen molar-refractivity contribution in [3.63, 3.8) is 0 Å². The minimum Gasteiger partial charge on any atom is -0.330 e. The van der Waals surface area contributed by atoms with Crippen molar-refractivity contribution in [1.29, 1.82) is 0 Å². The summed E-state index contributed by atoms with van der Waals surface area (Å²) < 4.78 is 1.97. The normalized spacial score (nSPS) is 11.2. The van der Waals surface area contributed by atoms with E-state index in [1.165, 1.54) is 0 Å². The number of aryl methyl sites for hydroxylation is 2. The van der Waals surface area contributed by atoms with Crippen LogP contribution in [0.15, 0.2) is 0 Å². The molecule has 1 aromatic rings. The molecule has 4 heteroatoms. The molecule has 0 unspecified atom stereocenters.